The minimum atomic E-state index is 0.152. The summed E-state index contributed by atoms with van der Waals surface area (Å²) in [6, 6.07) is 16.5. The largest absolute Gasteiger partial charge is 0.350 e. The van der Waals surface area contributed by atoms with Gasteiger partial charge in [-0.3, -0.25) is 4.79 Å². The summed E-state index contributed by atoms with van der Waals surface area (Å²) in [5, 5.41) is 2.26. The van der Waals surface area contributed by atoms with Crippen LogP contribution in [-0.2, 0) is 18.9 Å². The Bertz CT molecular complexity index is 1200. The van der Waals surface area contributed by atoms with E-state index in [1.54, 1.807) is 0 Å². The molecule has 0 saturated carbocycles. The molecule has 0 unspecified atom stereocenters. The number of benzene rings is 2. The van der Waals surface area contributed by atoms with Crippen LogP contribution in [0.2, 0.25) is 0 Å². The monoisotopic (exact) mass is 412 g/mol. The second-order valence-electron chi connectivity index (χ2n) is 7.30. The van der Waals surface area contributed by atoms with Gasteiger partial charge in [0.15, 0.2) is 5.78 Å². The molecule has 1 aliphatic rings. The average Bonchev–Trinajstić information content (AvgIpc) is 3.42. The zero-order chi connectivity index (χ0) is 22.7. The van der Waals surface area contributed by atoms with E-state index in [1.807, 2.05) is 66.1 Å². The third kappa shape index (κ3) is 3.65. The van der Waals surface area contributed by atoms with Crippen LogP contribution >= 0.6 is 0 Å². The van der Waals surface area contributed by atoms with E-state index in [2.05, 4.69) is 52.4 Å². The molecule has 0 radical (unpaired) electrons. The number of ketones is 1. The Hall–Kier alpha value is -3.33. The second kappa shape index (κ2) is 9.22. The zero-order valence-corrected chi connectivity index (χ0v) is 19.5. The molecule has 0 aliphatic heterocycles. The van der Waals surface area contributed by atoms with Crippen LogP contribution in [0.1, 0.15) is 45.2 Å². The van der Waals surface area contributed by atoms with E-state index in [0.29, 0.717) is 6.42 Å². The van der Waals surface area contributed by atoms with Crippen LogP contribution in [0.15, 0.2) is 73.1 Å². The maximum Gasteiger partial charge on any atom is 0.168 e. The molecule has 5 rings (SSSR count). The number of allylic oxidation sites excluding steroid dienone is 3. The first-order chi connectivity index (χ1) is 15.1. The average molecular weight is 413 g/mol. The molecule has 31 heavy (non-hydrogen) atoms. The Kier molecular flexibility index (Phi) is 6.65. The quantitative estimate of drug-likeness (QED) is 0.343. The molecule has 160 valence electrons. The lowest BCUT2D eigenvalue weighted by Gasteiger charge is -2.06. The van der Waals surface area contributed by atoms with Crippen LogP contribution in [0, 0.1) is 0 Å². The van der Waals surface area contributed by atoms with Gasteiger partial charge in [0.2, 0.25) is 0 Å². The normalized spacial score (nSPS) is 13.4. The molecule has 0 spiro atoms. The Morgan fingerprint density at radius 2 is 1.13 bits per heavy atom. The van der Waals surface area contributed by atoms with Gasteiger partial charge in [-0.25, -0.2) is 0 Å². The molecule has 0 fully saturated rings. The highest BCUT2D eigenvalue weighted by Gasteiger charge is 2.31. The van der Waals surface area contributed by atoms with Crippen molar-refractivity contribution in [2.45, 2.75) is 34.1 Å². The Labute approximate surface area is 185 Å². The van der Waals surface area contributed by atoms with Crippen molar-refractivity contribution in [3.63, 3.8) is 0 Å². The number of fused-ring (bicyclic) bond motifs is 2. The lowest BCUT2D eigenvalue weighted by atomic mass is 9.95. The minimum Gasteiger partial charge on any atom is -0.350 e. The van der Waals surface area contributed by atoms with Crippen LogP contribution < -0.4 is 0 Å². The predicted octanol–water partition coefficient (Wildman–Crippen LogP) is 7.16. The van der Waals surface area contributed by atoms with Crippen molar-refractivity contribution in [1.82, 2.24) is 9.13 Å². The molecule has 0 atom stereocenters. The predicted molar refractivity (Wildman–Crippen MR) is 134 cm³/mol. The zero-order valence-electron chi connectivity index (χ0n) is 19.5. The third-order valence-electron chi connectivity index (χ3n) is 5.59. The van der Waals surface area contributed by atoms with Gasteiger partial charge in [-0.15, -0.1) is 0 Å². The Morgan fingerprint density at radius 3 is 1.61 bits per heavy atom. The van der Waals surface area contributed by atoms with Crippen LogP contribution in [0.25, 0.3) is 33.0 Å². The molecule has 1 aliphatic carbocycles. The number of carbonyl (C=O) groups is 1. The van der Waals surface area contributed by atoms with Crippen molar-refractivity contribution in [2.75, 3.05) is 0 Å². The van der Waals surface area contributed by atoms with E-state index in [4.69, 9.17) is 0 Å². The molecular weight excluding hydrogens is 380 g/mol. The van der Waals surface area contributed by atoms with Crippen molar-refractivity contribution in [2.24, 2.45) is 14.1 Å². The van der Waals surface area contributed by atoms with Gasteiger partial charge in [-0.1, -0.05) is 70.7 Å². The van der Waals surface area contributed by atoms with E-state index in [-0.39, 0.29) is 5.78 Å². The summed E-state index contributed by atoms with van der Waals surface area (Å²) >= 11 is 0. The number of aromatic nitrogens is 2. The summed E-state index contributed by atoms with van der Waals surface area (Å²) in [5.41, 5.74) is 7.07. The van der Waals surface area contributed by atoms with E-state index in [9.17, 15) is 4.79 Å². The highest BCUT2D eigenvalue weighted by Crippen LogP contribution is 2.45. The van der Waals surface area contributed by atoms with Crippen molar-refractivity contribution in [3.8, 4) is 0 Å². The van der Waals surface area contributed by atoms with Crippen LogP contribution in [0.3, 0.4) is 0 Å². The van der Waals surface area contributed by atoms with Gasteiger partial charge < -0.3 is 9.13 Å². The van der Waals surface area contributed by atoms with E-state index < -0.39 is 0 Å². The van der Waals surface area contributed by atoms with E-state index in [1.165, 1.54) is 0 Å². The smallest absolute Gasteiger partial charge is 0.168 e. The van der Waals surface area contributed by atoms with Crippen molar-refractivity contribution < 1.29 is 4.79 Å². The highest BCUT2D eigenvalue weighted by atomic mass is 16.1. The summed E-state index contributed by atoms with van der Waals surface area (Å²) in [6.07, 6.45) is 4.58. The molecule has 0 N–H and O–H groups in total. The maximum atomic E-state index is 13.0. The molecule has 0 amide bonds. The topological polar surface area (TPSA) is 26.9 Å². The molecule has 0 saturated heterocycles. The number of Topliss-reactive ketones (excluding diaryl/α,β-unsaturated/α-hetero) is 1. The molecule has 0 bridgehead atoms. The lowest BCUT2D eigenvalue weighted by Crippen LogP contribution is -1.95. The summed E-state index contributed by atoms with van der Waals surface area (Å²) in [4.78, 5) is 13.0. The molecule has 2 aromatic carbocycles. The summed E-state index contributed by atoms with van der Waals surface area (Å²) in [5.74, 6) is 0.152. The van der Waals surface area contributed by atoms with Crippen LogP contribution in [0.5, 0.6) is 0 Å². The fourth-order valence-corrected chi connectivity index (χ4v) is 4.38. The number of carbonyl (C=O) groups excluding carboxylic acids is 1. The SMILES string of the molecule is C=C1CC(=O)C(c2cn(C)c3ccccc23)=C1c1cn(C)c2ccccc12.CC.CC. The molecule has 2 heterocycles. The lowest BCUT2D eigenvalue weighted by molar-refractivity contribution is -0.112. The van der Waals surface area contributed by atoms with Gasteiger partial charge in [-0.2, -0.15) is 0 Å². The van der Waals surface area contributed by atoms with Gasteiger partial charge in [0.25, 0.3) is 0 Å². The minimum absolute atomic E-state index is 0.152. The summed E-state index contributed by atoms with van der Waals surface area (Å²) in [7, 11) is 4.07. The Morgan fingerprint density at radius 1 is 0.710 bits per heavy atom. The first-order valence-electron chi connectivity index (χ1n) is 11.1. The summed E-state index contributed by atoms with van der Waals surface area (Å²) < 4.78 is 4.21. The van der Waals surface area contributed by atoms with Crippen molar-refractivity contribution in [1.29, 1.82) is 0 Å². The van der Waals surface area contributed by atoms with E-state index in [0.717, 1.165) is 49.7 Å². The molecule has 4 aromatic rings. The van der Waals surface area contributed by atoms with Crippen LogP contribution in [-0.4, -0.2) is 14.9 Å². The molecule has 3 nitrogen and oxygen atoms in total. The fraction of sp³-hybridized carbons (Fsp3) is 0.250. The maximum absolute atomic E-state index is 13.0. The summed E-state index contributed by atoms with van der Waals surface area (Å²) in [6.45, 7) is 12.2. The van der Waals surface area contributed by atoms with Gasteiger partial charge in [0, 0.05) is 71.4 Å². The third-order valence-corrected chi connectivity index (χ3v) is 5.59. The van der Waals surface area contributed by atoms with E-state index >= 15 is 0 Å². The number of hydrogen-bond acceptors (Lipinski definition) is 1. The molecule has 3 heteroatoms. The molecule has 2 aromatic heterocycles. The van der Waals surface area contributed by atoms with Crippen LogP contribution in [0.4, 0.5) is 0 Å². The number of aryl methyl sites for hydroxylation is 2. The fourth-order valence-electron chi connectivity index (χ4n) is 4.38. The van der Waals surface area contributed by atoms with Gasteiger partial charge in [-0.05, 0) is 23.3 Å². The highest BCUT2D eigenvalue weighted by molar-refractivity contribution is 6.37. The molecular formula is C28H32N2O. The first kappa shape index (κ1) is 22.4. The van der Waals surface area contributed by atoms with Crippen molar-refractivity contribution >= 4 is 38.7 Å². The second-order valence-corrected chi connectivity index (χ2v) is 7.30. The number of hydrogen-bond donors (Lipinski definition) is 0. The Balaban J connectivity index is 0.000000645. The van der Waals surface area contributed by atoms with Gasteiger partial charge in [0.1, 0.15) is 0 Å². The van der Waals surface area contributed by atoms with Crippen molar-refractivity contribution in [3.05, 3.63) is 84.2 Å². The number of nitrogens with zero attached hydrogens (tertiary/aromatic N) is 2. The number of rotatable bonds is 2. The first-order valence-corrected chi connectivity index (χ1v) is 11.1. The number of para-hydroxylation sites is 2. The van der Waals surface area contributed by atoms with Gasteiger partial charge >= 0.3 is 0 Å². The standard InChI is InChI=1S/C24H20N2O.2C2H6/c1-15-12-22(27)24(19-14-26(3)21-11-7-5-9-17(19)21)23(15)18-13-25(2)20-10-6-4-8-16(18)20;2*1-2/h4-11,13-14H,1,12H2,2-3H3;2*1-2H3. The van der Waals surface area contributed by atoms with Gasteiger partial charge in [0.05, 0.1) is 0 Å².